The van der Waals surface area contributed by atoms with Crippen LogP contribution in [0.5, 0.6) is 11.5 Å². The fourth-order valence-corrected chi connectivity index (χ4v) is 6.05. The maximum absolute atomic E-state index is 13.5. The lowest BCUT2D eigenvalue weighted by atomic mass is 9.92. The van der Waals surface area contributed by atoms with E-state index in [1.54, 1.807) is 14.2 Å². The van der Waals surface area contributed by atoms with Crippen LogP contribution < -0.4 is 9.47 Å². The lowest BCUT2D eigenvalue weighted by Crippen LogP contribution is -2.19. The molecule has 1 aliphatic heterocycles. The zero-order chi connectivity index (χ0) is 26.0. The van der Waals surface area contributed by atoms with E-state index >= 15 is 0 Å². The highest BCUT2D eigenvalue weighted by atomic mass is 79.9. The van der Waals surface area contributed by atoms with Crippen LogP contribution in [-0.4, -0.2) is 36.3 Å². The van der Waals surface area contributed by atoms with Crippen molar-refractivity contribution in [2.75, 3.05) is 19.5 Å². The van der Waals surface area contributed by atoms with Gasteiger partial charge in [0.1, 0.15) is 11.5 Å². The van der Waals surface area contributed by atoms with Crippen molar-refractivity contribution in [3.05, 3.63) is 93.5 Å². The average molecular weight is 551 g/mol. The van der Waals surface area contributed by atoms with Gasteiger partial charge in [0.15, 0.2) is 5.78 Å². The lowest BCUT2D eigenvalue weighted by molar-refractivity contribution is -0.119. The van der Waals surface area contributed by atoms with Crippen LogP contribution in [0.1, 0.15) is 63.9 Å². The molecular formula is C31H36BrNO3. The Morgan fingerprint density at radius 1 is 0.861 bits per heavy atom. The summed E-state index contributed by atoms with van der Waals surface area (Å²) >= 11 is 3.49. The highest BCUT2D eigenvalue weighted by Crippen LogP contribution is 2.53. The van der Waals surface area contributed by atoms with Crippen molar-refractivity contribution >= 4 is 21.7 Å². The zero-order valence-electron chi connectivity index (χ0n) is 22.1. The second-order valence-corrected chi connectivity index (χ2v) is 10.6. The lowest BCUT2D eigenvalue weighted by Gasteiger charge is -2.25. The molecular weight excluding hydrogens is 514 g/mol. The van der Waals surface area contributed by atoms with Gasteiger partial charge in [-0.05, 0) is 73.1 Å². The standard InChI is InChI=1S/C31H36BrNO3/c1-19-15-24(16-20(2)30(19)35-5)27(25-17-21(3)31(36-6)22(4)18-25)33-28(23-11-8-7-9-12-23)29(33)26(34)13-10-14-32/h7-9,11-12,15-18,27-29H,10,13-14H2,1-6H3/t28-,29+,33?/m0/s1. The summed E-state index contributed by atoms with van der Waals surface area (Å²) in [4.78, 5) is 15.9. The molecule has 1 saturated heterocycles. The Kier molecular flexibility index (Phi) is 8.21. The summed E-state index contributed by atoms with van der Waals surface area (Å²) in [7, 11) is 3.44. The fraction of sp³-hybridized carbons (Fsp3) is 0.387. The van der Waals surface area contributed by atoms with Crippen LogP contribution >= 0.6 is 15.9 Å². The third-order valence-electron chi connectivity index (χ3n) is 7.18. The summed E-state index contributed by atoms with van der Waals surface area (Å²) in [5, 5.41) is 0.832. The van der Waals surface area contributed by atoms with Crippen LogP contribution in [0.2, 0.25) is 0 Å². The summed E-state index contributed by atoms with van der Waals surface area (Å²) in [6.45, 7) is 8.36. The first kappa shape index (κ1) is 26.4. The van der Waals surface area contributed by atoms with Gasteiger partial charge in [0.2, 0.25) is 0 Å². The smallest absolute Gasteiger partial charge is 0.152 e. The monoisotopic (exact) mass is 549 g/mol. The number of Topliss-reactive ketones (excluding diaryl/α,β-unsaturated/α-hetero) is 1. The second-order valence-electron chi connectivity index (χ2n) is 9.78. The Bertz CT molecular complexity index is 1130. The molecule has 5 heteroatoms. The number of carbonyl (C=O) groups excluding carboxylic acids is 1. The minimum Gasteiger partial charge on any atom is -0.496 e. The normalized spacial score (nSPS) is 18.8. The summed E-state index contributed by atoms with van der Waals surface area (Å²) in [5.74, 6) is 2.13. The van der Waals surface area contributed by atoms with Crippen LogP contribution in [0.3, 0.4) is 0 Å². The maximum Gasteiger partial charge on any atom is 0.152 e. The SMILES string of the molecule is COc1c(C)cc(C(c2cc(C)c(OC)c(C)c2)N2[C@H](C(=O)CCCBr)[C@@H]2c2ccccc2)cc1C. The van der Waals surface area contributed by atoms with Gasteiger partial charge in [-0.25, -0.2) is 0 Å². The van der Waals surface area contributed by atoms with Crippen molar-refractivity contribution in [1.82, 2.24) is 4.90 Å². The molecule has 190 valence electrons. The molecule has 3 aromatic carbocycles. The van der Waals surface area contributed by atoms with Gasteiger partial charge in [0, 0.05) is 11.8 Å². The predicted octanol–water partition coefficient (Wildman–Crippen LogP) is 7.20. The summed E-state index contributed by atoms with van der Waals surface area (Å²) in [6, 6.07) is 19.1. The molecule has 1 aliphatic rings. The van der Waals surface area contributed by atoms with Crippen LogP contribution in [0.15, 0.2) is 54.6 Å². The molecule has 0 amide bonds. The first-order valence-corrected chi connectivity index (χ1v) is 13.7. The van der Waals surface area contributed by atoms with Gasteiger partial charge in [0.25, 0.3) is 0 Å². The third kappa shape index (κ3) is 5.09. The molecule has 0 N–H and O–H groups in total. The number of alkyl halides is 1. The zero-order valence-corrected chi connectivity index (χ0v) is 23.7. The van der Waals surface area contributed by atoms with Crippen LogP contribution in [0, 0.1) is 27.7 Å². The van der Waals surface area contributed by atoms with Gasteiger partial charge in [-0.2, -0.15) is 0 Å². The number of carbonyl (C=O) groups is 1. The number of halogens is 1. The molecule has 36 heavy (non-hydrogen) atoms. The van der Waals surface area contributed by atoms with E-state index < -0.39 is 0 Å². The fourth-order valence-electron chi connectivity index (χ4n) is 5.77. The Hall–Kier alpha value is -2.63. The number of methoxy groups -OCH3 is 2. The van der Waals surface area contributed by atoms with Crippen molar-refractivity contribution in [3.8, 4) is 11.5 Å². The number of benzene rings is 3. The summed E-state index contributed by atoms with van der Waals surface area (Å²) in [5.41, 5.74) is 7.92. The van der Waals surface area contributed by atoms with Gasteiger partial charge < -0.3 is 9.47 Å². The van der Waals surface area contributed by atoms with Crippen molar-refractivity contribution in [1.29, 1.82) is 0 Å². The molecule has 4 rings (SSSR count). The van der Waals surface area contributed by atoms with E-state index in [4.69, 9.17) is 9.47 Å². The molecule has 0 aliphatic carbocycles. The van der Waals surface area contributed by atoms with E-state index in [-0.39, 0.29) is 18.1 Å². The summed E-state index contributed by atoms with van der Waals surface area (Å²) < 4.78 is 11.3. The van der Waals surface area contributed by atoms with Crippen molar-refractivity contribution < 1.29 is 14.3 Å². The quantitative estimate of drug-likeness (QED) is 0.198. The van der Waals surface area contributed by atoms with Gasteiger partial charge in [-0.3, -0.25) is 9.69 Å². The first-order chi connectivity index (χ1) is 17.3. The average Bonchev–Trinajstić information content (AvgIpc) is 3.58. The van der Waals surface area contributed by atoms with Gasteiger partial charge >= 0.3 is 0 Å². The number of hydrogen-bond donors (Lipinski definition) is 0. The van der Waals surface area contributed by atoms with Gasteiger partial charge in [-0.15, -0.1) is 0 Å². The van der Waals surface area contributed by atoms with E-state index in [9.17, 15) is 4.79 Å². The molecule has 3 aromatic rings. The Labute approximate surface area is 223 Å². The molecule has 0 saturated carbocycles. The Morgan fingerprint density at radius 2 is 1.33 bits per heavy atom. The molecule has 1 fully saturated rings. The summed E-state index contributed by atoms with van der Waals surface area (Å²) in [6.07, 6.45) is 1.42. The largest absolute Gasteiger partial charge is 0.496 e. The number of rotatable bonds is 10. The Balaban J connectivity index is 1.88. The second kappa shape index (κ2) is 11.2. The maximum atomic E-state index is 13.5. The van der Waals surface area contributed by atoms with E-state index in [0.29, 0.717) is 12.2 Å². The minimum atomic E-state index is -0.151. The minimum absolute atomic E-state index is 0.0458. The topological polar surface area (TPSA) is 38.5 Å². The predicted molar refractivity (Wildman–Crippen MR) is 150 cm³/mol. The van der Waals surface area contributed by atoms with Crippen molar-refractivity contribution in [2.45, 2.75) is 58.7 Å². The van der Waals surface area contributed by atoms with Crippen molar-refractivity contribution in [3.63, 3.8) is 0 Å². The molecule has 0 aromatic heterocycles. The molecule has 1 heterocycles. The Morgan fingerprint density at radius 3 is 1.75 bits per heavy atom. The molecule has 1 unspecified atom stereocenters. The van der Waals surface area contributed by atoms with E-state index in [0.717, 1.165) is 45.5 Å². The van der Waals surface area contributed by atoms with Gasteiger partial charge in [-0.1, -0.05) is 70.5 Å². The number of nitrogens with zero attached hydrogens (tertiary/aromatic N) is 1. The third-order valence-corrected chi connectivity index (χ3v) is 7.74. The van der Waals surface area contributed by atoms with E-state index in [1.807, 2.05) is 6.07 Å². The van der Waals surface area contributed by atoms with E-state index in [1.165, 1.54) is 16.7 Å². The number of aryl methyl sites for hydroxylation is 4. The molecule has 4 nitrogen and oxygen atoms in total. The van der Waals surface area contributed by atoms with Gasteiger partial charge in [0.05, 0.1) is 32.3 Å². The van der Waals surface area contributed by atoms with E-state index in [2.05, 4.69) is 97.1 Å². The number of ketones is 1. The van der Waals surface area contributed by atoms with Crippen molar-refractivity contribution in [2.24, 2.45) is 0 Å². The molecule has 0 bridgehead atoms. The highest BCUT2D eigenvalue weighted by Gasteiger charge is 2.56. The molecule has 0 radical (unpaired) electrons. The first-order valence-electron chi connectivity index (χ1n) is 12.5. The highest BCUT2D eigenvalue weighted by molar-refractivity contribution is 9.09. The van der Waals surface area contributed by atoms with Crippen LogP contribution in [0.4, 0.5) is 0 Å². The number of hydrogen-bond acceptors (Lipinski definition) is 4. The van der Waals surface area contributed by atoms with Crippen LogP contribution in [0.25, 0.3) is 0 Å². The molecule has 0 spiro atoms. The van der Waals surface area contributed by atoms with Crippen LogP contribution in [-0.2, 0) is 4.79 Å². The molecule has 3 atom stereocenters. The number of ether oxygens (including phenoxy) is 2.